The summed E-state index contributed by atoms with van der Waals surface area (Å²) in [7, 11) is 0. The molecule has 5 aliphatic rings. The van der Waals surface area contributed by atoms with Crippen LogP contribution in [-0.2, 0) is 9.53 Å². The maximum atomic E-state index is 13.9. The fraction of sp³-hybridized carbons (Fsp3) is 0.815. The van der Waals surface area contributed by atoms with Crippen LogP contribution in [0.2, 0.25) is 0 Å². The summed E-state index contributed by atoms with van der Waals surface area (Å²) in [6, 6.07) is 0. The van der Waals surface area contributed by atoms with Crippen molar-refractivity contribution >= 4 is 5.78 Å². The molecule has 0 bridgehead atoms. The van der Waals surface area contributed by atoms with Crippen molar-refractivity contribution in [2.45, 2.75) is 97.4 Å². The van der Waals surface area contributed by atoms with E-state index in [1.165, 1.54) is 31.3 Å². The highest BCUT2D eigenvalue weighted by Gasteiger charge is 2.66. The van der Waals surface area contributed by atoms with Gasteiger partial charge in [0.25, 0.3) is 0 Å². The average molecular weight is 415 g/mol. The predicted octanol–water partition coefficient (Wildman–Crippen LogP) is 6.45. The first kappa shape index (κ1) is 20.9. The van der Waals surface area contributed by atoms with Crippen molar-refractivity contribution in [2.24, 2.45) is 40.4 Å². The van der Waals surface area contributed by atoms with E-state index in [0.29, 0.717) is 29.6 Å². The number of ketones is 1. The first-order valence-electron chi connectivity index (χ1n) is 12.3. The van der Waals surface area contributed by atoms with E-state index in [4.69, 9.17) is 4.74 Å². The van der Waals surface area contributed by atoms with Gasteiger partial charge in [-0.15, -0.1) is 0 Å². The lowest BCUT2D eigenvalue weighted by atomic mass is 9.48. The molecular formula is C27H39FO2. The maximum Gasteiger partial charge on any atom is 0.187 e. The van der Waals surface area contributed by atoms with Gasteiger partial charge < -0.3 is 4.74 Å². The fourth-order valence-corrected chi connectivity index (χ4v) is 8.39. The van der Waals surface area contributed by atoms with Gasteiger partial charge in [-0.25, -0.2) is 4.39 Å². The number of halogens is 1. The summed E-state index contributed by atoms with van der Waals surface area (Å²) in [5, 5.41) is 0. The van der Waals surface area contributed by atoms with Crippen LogP contribution in [0.15, 0.2) is 23.8 Å². The van der Waals surface area contributed by atoms with Crippen LogP contribution < -0.4 is 0 Å². The van der Waals surface area contributed by atoms with Crippen LogP contribution >= 0.6 is 0 Å². The van der Waals surface area contributed by atoms with Crippen LogP contribution in [0.4, 0.5) is 4.39 Å². The van der Waals surface area contributed by atoms with Gasteiger partial charge in [0.2, 0.25) is 0 Å². The standard InChI is InChI=1S/C27H39FO2/c1-16(7-6-13-25(2,3)28)19-10-11-20-18-9-8-17-15-22(29)23-24(30-23)27(17,5)21(18)12-14-26(19,20)4/h8-9,15-16,18-21,23-24H,6-7,10-14H2,1-5H3/t16-,18+,19-,20+,21+,23?,24?,26-,27+/m1/s1. The van der Waals surface area contributed by atoms with Crippen LogP contribution in [0.1, 0.15) is 79.6 Å². The lowest BCUT2D eigenvalue weighted by Gasteiger charge is -2.56. The molecule has 3 fully saturated rings. The molecule has 9 atom stereocenters. The fourth-order valence-electron chi connectivity index (χ4n) is 8.39. The number of carbonyl (C=O) groups excluding carboxylic acids is 1. The molecule has 1 saturated heterocycles. The number of fused-ring (bicyclic) bond motifs is 7. The minimum absolute atomic E-state index is 0.00966. The summed E-state index contributed by atoms with van der Waals surface area (Å²) in [6.45, 7) is 10.8. The number of rotatable bonds is 5. The van der Waals surface area contributed by atoms with Crippen LogP contribution in [0.3, 0.4) is 0 Å². The molecule has 0 radical (unpaired) electrons. The van der Waals surface area contributed by atoms with Crippen LogP contribution in [0.25, 0.3) is 0 Å². The Labute approximate surface area is 181 Å². The molecule has 2 saturated carbocycles. The van der Waals surface area contributed by atoms with Gasteiger partial charge in [0.05, 0.1) is 0 Å². The minimum Gasteiger partial charge on any atom is -0.360 e. The number of allylic oxidation sites excluding steroid dienone is 2. The Hall–Kier alpha value is -0.960. The number of carbonyl (C=O) groups is 1. The summed E-state index contributed by atoms with van der Waals surface area (Å²) < 4.78 is 19.8. The summed E-state index contributed by atoms with van der Waals surface area (Å²) in [4.78, 5) is 12.2. The first-order chi connectivity index (χ1) is 14.1. The molecule has 0 aromatic rings. The number of epoxide rings is 1. The highest BCUT2D eigenvalue weighted by molar-refractivity contribution is 5.98. The predicted molar refractivity (Wildman–Crippen MR) is 118 cm³/mol. The Morgan fingerprint density at radius 2 is 2.00 bits per heavy atom. The van der Waals surface area contributed by atoms with Crippen molar-refractivity contribution in [1.29, 1.82) is 0 Å². The van der Waals surface area contributed by atoms with E-state index in [1.807, 2.05) is 6.08 Å². The summed E-state index contributed by atoms with van der Waals surface area (Å²) in [6.07, 6.45) is 14.5. The summed E-state index contributed by atoms with van der Waals surface area (Å²) >= 11 is 0. The Morgan fingerprint density at radius 1 is 1.23 bits per heavy atom. The molecule has 0 N–H and O–H groups in total. The molecule has 1 heterocycles. The molecule has 166 valence electrons. The zero-order valence-electron chi connectivity index (χ0n) is 19.4. The second-order valence-corrected chi connectivity index (χ2v) is 12.2. The van der Waals surface area contributed by atoms with Crippen molar-refractivity contribution in [3.8, 4) is 0 Å². The van der Waals surface area contributed by atoms with Crippen LogP contribution in [0, 0.1) is 40.4 Å². The van der Waals surface area contributed by atoms with E-state index >= 15 is 0 Å². The molecule has 0 aromatic heterocycles. The van der Waals surface area contributed by atoms with Crippen molar-refractivity contribution in [3.63, 3.8) is 0 Å². The topological polar surface area (TPSA) is 29.6 Å². The van der Waals surface area contributed by atoms with Crippen molar-refractivity contribution in [3.05, 3.63) is 23.8 Å². The van der Waals surface area contributed by atoms with Gasteiger partial charge in [-0.3, -0.25) is 4.79 Å². The highest BCUT2D eigenvalue weighted by atomic mass is 19.1. The van der Waals surface area contributed by atoms with Crippen LogP contribution in [0.5, 0.6) is 0 Å². The molecule has 2 unspecified atom stereocenters. The Bertz CT molecular complexity index is 791. The molecular weight excluding hydrogens is 375 g/mol. The molecule has 30 heavy (non-hydrogen) atoms. The van der Waals surface area contributed by atoms with Gasteiger partial charge in [-0.05, 0) is 92.6 Å². The third-order valence-electron chi connectivity index (χ3n) is 10.1. The smallest absolute Gasteiger partial charge is 0.187 e. The van der Waals surface area contributed by atoms with Crippen molar-refractivity contribution in [1.82, 2.24) is 0 Å². The maximum absolute atomic E-state index is 13.9. The van der Waals surface area contributed by atoms with Gasteiger partial charge >= 0.3 is 0 Å². The van der Waals surface area contributed by atoms with Crippen molar-refractivity contribution in [2.75, 3.05) is 0 Å². The number of ether oxygens (including phenoxy) is 1. The number of alkyl halides is 1. The SMILES string of the molecule is C[C@H](CCCC(C)(C)F)[C@H]1CC[C@H]2[C@@H]3C=CC4=CC(=O)C5OC5[C@]4(C)[C@H]3CC[C@]12C. The zero-order valence-corrected chi connectivity index (χ0v) is 19.4. The molecule has 0 aromatic carbocycles. The normalized spacial score (nSPS) is 47.7. The molecule has 0 amide bonds. The molecule has 5 rings (SSSR count). The lowest BCUT2D eigenvalue weighted by molar-refractivity contribution is -0.116. The molecule has 4 aliphatic carbocycles. The minimum atomic E-state index is -1.04. The zero-order chi connectivity index (χ0) is 21.5. The largest absolute Gasteiger partial charge is 0.360 e. The number of hydrogen-bond donors (Lipinski definition) is 0. The second-order valence-electron chi connectivity index (χ2n) is 12.2. The van der Waals surface area contributed by atoms with Gasteiger partial charge in [0.1, 0.15) is 17.9 Å². The molecule has 2 nitrogen and oxygen atoms in total. The monoisotopic (exact) mass is 414 g/mol. The summed E-state index contributed by atoms with van der Waals surface area (Å²) in [5.41, 5.74) is 0.572. The van der Waals surface area contributed by atoms with Gasteiger partial charge in [0, 0.05) is 5.41 Å². The van der Waals surface area contributed by atoms with Gasteiger partial charge in [0.15, 0.2) is 5.78 Å². The van der Waals surface area contributed by atoms with Gasteiger partial charge in [-0.2, -0.15) is 0 Å². The van der Waals surface area contributed by atoms with E-state index < -0.39 is 5.67 Å². The highest BCUT2D eigenvalue weighted by Crippen LogP contribution is 2.68. The van der Waals surface area contributed by atoms with E-state index in [0.717, 1.165) is 24.7 Å². The number of hydrogen-bond acceptors (Lipinski definition) is 2. The third kappa shape index (κ3) is 3.01. The van der Waals surface area contributed by atoms with E-state index in [9.17, 15) is 9.18 Å². The van der Waals surface area contributed by atoms with E-state index in [2.05, 4.69) is 32.9 Å². The third-order valence-corrected chi connectivity index (χ3v) is 10.1. The van der Waals surface area contributed by atoms with Crippen molar-refractivity contribution < 1.29 is 13.9 Å². The van der Waals surface area contributed by atoms with E-state index in [1.54, 1.807) is 13.8 Å². The Kier molecular flexibility index (Phi) is 4.72. The van der Waals surface area contributed by atoms with Gasteiger partial charge in [-0.1, -0.05) is 45.8 Å². The quantitative estimate of drug-likeness (QED) is 0.484. The Morgan fingerprint density at radius 3 is 2.73 bits per heavy atom. The second kappa shape index (κ2) is 6.77. The Balaban J connectivity index is 1.35. The first-order valence-corrected chi connectivity index (χ1v) is 12.3. The van der Waals surface area contributed by atoms with Crippen LogP contribution in [-0.4, -0.2) is 23.7 Å². The average Bonchev–Trinajstić information content (AvgIpc) is 3.39. The molecule has 0 spiro atoms. The summed E-state index contributed by atoms with van der Waals surface area (Å²) in [5.74, 6) is 3.51. The lowest BCUT2D eigenvalue weighted by Crippen LogP contribution is -2.51. The molecule has 3 heteroatoms. The van der Waals surface area contributed by atoms with E-state index in [-0.39, 0.29) is 23.4 Å². The molecule has 1 aliphatic heterocycles.